The summed E-state index contributed by atoms with van der Waals surface area (Å²) in [4.78, 5) is 35.4. The number of nitrogens with zero attached hydrogens (tertiary/aromatic N) is 4. The van der Waals surface area contributed by atoms with Crippen molar-refractivity contribution in [1.82, 2.24) is 20.1 Å². The third-order valence-electron chi connectivity index (χ3n) is 5.17. The zero-order chi connectivity index (χ0) is 18.4. The number of likely N-dealkylation sites (N-methyl/N-ethyl adjacent to an activating group) is 1. The molecule has 0 saturated carbocycles. The van der Waals surface area contributed by atoms with Crippen LogP contribution in [0.25, 0.3) is 0 Å². The largest absolute Gasteiger partial charge is 0.356 e. The van der Waals surface area contributed by atoms with Gasteiger partial charge in [0.05, 0.1) is 12.5 Å². The molecule has 26 heavy (non-hydrogen) atoms. The second-order valence-corrected chi connectivity index (χ2v) is 7.03. The lowest BCUT2D eigenvalue weighted by molar-refractivity contribution is -0.137. The molecule has 3 rings (SSSR count). The maximum absolute atomic E-state index is 12.9. The van der Waals surface area contributed by atoms with Gasteiger partial charge < -0.3 is 15.1 Å². The first-order valence-corrected chi connectivity index (χ1v) is 9.61. The summed E-state index contributed by atoms with van der Waals surface area (Å²) < 4.78 is 0. The highest BCUT2D eigenvalue weighted by Crippen LogP contribution is 2.23. The summed E-state index contributed by atoms with van der Waals surface area (Å²) in [6, 6.07) is 5.91. The van der Waals surface area contributed by atoms with Crippen LogP contribution in [-0.2, 0) is 9.59 Å². The predicted molar refractivity (Wildman–Crippen MR) is 101 cm³/mol. The van der Waals surface area contributed by atoms with Crippen LogP contribution in [0.3, 0.4) is 0 Å². The molecule has 1 aromatic rings. The van der Waals surface area contributed by atoms with Crippen molar-refractivity contribution in [2.75, 3.05) is 57.3 Å². The van der Waals surface area contributed by atoms with Crippen molar-refractivity contribution in [2.45, 2.75) is 19.8 Å². The topological polar surface area (TPSA) is 68.8 Å². The molecule has 1 atom stereocenters. The van der Waals surface area contributed by atoms with Crippen LogP contribution in [0.5, 0.6) is 0 Å². The molecule has 1 N–H and O–H groups in total. The molecule has 0 radical (unpaired) electrons. The molecule has 142 valence electrons. The number of carbonyl (C=O) groups excluding carboxylic acids is 2. The van der Waals surface area contributed by atoms with E-state index in [0.717, 1.165) is 44.8 Å². The van der Waals surface area contributed by atoms with Gasteiger partial charge in [0.1, 0.15) is 5.82 Å². The van der Waals surface area contributed by atoms with E-state index in [1.165, 1.54) is 0 Å². The number of piperazine rings is 1. The van der Waals surface area contributed by atoms with Crippen LogP contribution in [0.4, 0.5) is 5.82 Å². The molecule has 3 heterocycles. The Morgan fingerprint density at radius 3 is 2.69 bits per heavy atom. The minimum Gasteiger partial charge on any atom is -0.356 e. The van der Waals surface area contributed by atoms with Gasteiger partial charge in [-0.15, -0.1) is 0 Å². The fraction of sp³-hybridized carbons (Fsp3) is 0.632. The standard InChI is InChI=1S/C19H29N5O2/c1-2-20-18(25)15-22-10-12-23(13-11-22)19(26)16-6-5-9-24(14-16)17-7-3-4-8-21-17/h3-4,7-8,16H,2,5-6,9-15H2,1H3,(H,20,25)/t16-/m1/s1. The summed E-state index contributed by atoms with van der Waals surface area (Å²) in [7, 11) is 0. The number of rotatable bonds is 5. The first-order chi connectivity index (χ1) is 12.7. The number of nitrogens with one attached hydrogen (secondary N) is 1. The molecule has 1 aromatic heterocycles. The van der Waals surface area contributed by atoms with Gasteiger partial charge in [-0.1, -0.05) is 6.07 Å². The fourth-order valence-electron chi connectivity index (χ4n) is 3.77. The Morgan fingerprint density at radius 1 is 1.19 bits per heavy atom. The number of hydrogen-bond donors (Lipinski definition) is 1. The lowest BCUT2D eigenvalue weighted by atomic mass is 9.96. The molecule has 0 aliphatic carbocycles. The first kappa shape index (κ1) is 18.6. The van der Waals surface area contributed by atoms with Crippen LogP contribution < -0.4 is 10.2 Å². The highest BCUT2D eigenvalue weighted by molar-refractivity contribution is 5.80. The minimum absolute atomic E-state index is 0.0423. The van der Waals surface area contributed by atoms with Crippen molar-refractivity contribution in [3.8, 4) is 0 Å². The van der Waals surface area contributed by atoms with Gasteiger partial charge in [0.25, 0.3) is 0 Å². The highest BCUT2D eigenvalue weighted by atomic mass is 16.2. The number of piperidine rings is 1. The van der Waals surface area contributed by atoms with Gasteiger partial charge in [0.2, 0.25) is 11.8 Å². The summed E-state index contributed by atoms with van der Waals surface area (Å²) in [6.45, 7) is 7.65. The van der Waals surface area contributed by atoms with Crippen LogP contribution in [0.2, 0.25) is 0 Å². The SMILES string of the molecule is CCNC(=O)CN1CCN(C(=O)[C@@H]2CCCN(c3ccccn3)C2)CC1. The van der Waals surface area contributed by atoms with E-state index in [1.807, 2.05) is 30.0 Å². The Morgan fingerprint density at radius 2 is 2.00 bits per heavy atom. The van der Waals surface area contributed by atoms with Crippen LogP contribution in [-0.4, -0.2) is 79.0 Å². The molecule has 7 heteroatoms. The Hall–Kier alpha value is -2.15. The number of amides is 2. The van der Waals surface area contributed by atoms with Gasteiger partial charge in [0.15, 0.2) is 0 Å². The average molecular weight is 359 g/mol. The average Bonchev–Trinajstić information content (AvgIpc) is 2.69. The smallest absolute Gasteiger partial charge is 0.234 e. The van der Waals surface area contributed by atoms with Crippen molar-refractivity contribution in [1.29, 1.82) is 0 Å². The molecule has 2 saturated heterocycles. The summed E-state index contributed by atoms with van der Waals surface area (Å²) >= 11 is 0. The number of pyridine rings is 1. The van der Waals surface area contributed by atoms with Crippen molar-refractivity contribution < 1.29 is 9.59 Å². The van der Waals surface area contributed by atoms with E-state index in [2.05, 4.69) is 20.1 Å². The second kappa shape index (κ2) is 8.98. The molecule has 0 bridgehead atoms. The Balaban J connectivity index is 1.49. The maximum Gasteiger partial charge on any atom is 0.234 e. The zero-order valence-electron chi connectivity index (χ0n) is 15.6. The number of carbonyl (C=O) groups is 2. The monoisotopic (exact) mass is 359 g/mol. The maximum atomic E-state index is 12.9. The molecular formula is C19H29N5O2. The van der Waals surface area contributed by atoms with E-state index in [0.29, 0.717) is 26.2 Å². The summed E-state index contributed by atoms with van der Waals surface area (Å²) in [5.74, 6) is 1.31. The number of aromatic nitrogens is 1. The summed E-state index contributed by atoms with van der Waals surface area (Å²) in [5.41, 5.74) is 0. The van der Waals surface area contributed by atoms with Crippen molar-refractivity contribution in [3.63, 3.8) is 0 Å². The fourth-order valence-corrected chi connectivity index (χ4v) is 3.77. The Kier molecular flexibility index (Phi) is 6.44. The molecule has 2 aliphatic heterocycles. The third kappa shape index (κ3) is 4.72. The van der Waals surface area contributed by atoms with Gasteiger partial charge in [-0.2, -0.15) is 0 Å². The van der Waals surface area contributed by atoms with Crippen LogP contribution in [0.1, 0.15) is 19.8 Å². The van der Waals surface area contributed by atoms with E-state index in [4.69, 9.17) is 0 Å². The Bertz CT molecular complexity index is 601. The molecule has 7 nitrogen and oxygen atoms in total. The van der Waals surface area contributed by atoms with Crippen molar-refractivity contribution in [3.05, 3.63) is 24.4 Å². The van der Waals surface area contributed by atoms with Gasteiger partial charge in [-0.05, 0) is 31.9 Å². The van der Waals surface area contributed by atoms with Crippen molar-refractivity contribution >= 4 is 17.6 Å². The number of anilines is 1. The molecule has 2 aliphatic rings. The van der Waals surface area contributed by atoms with Crippen LogP contribution >= 0.6 is 0 Å². The molecular weight excluding hydrogens is 330 g/mol. The molecule has 0 aromatic carbocycles. The van der Waals surface area contributed by atoms with E-state index in [-0.39, 0.29) is 17.7 Å². The van der Waals surface area contributed by atoms with E-state index in [9.17, 15) is 9.59 Å². The van der Waals surface area contributed by atoms with Crippen molar-refractivity contribution in [2.24, 2.45) is 5.92 Å². The van der Waals surface area contributed by atoms with Gasteiger partial charge in [-0.25, -0.2) is 4.98 Å². The highest BCUT2D eigenvalue weighted by Gasteiger charge is 2.31. The summed E-state index contributed by atoms with van der Waals surface area (Å²) in [6.07, 6.45) is 3.76. The zero-order valence-corrected chi connectivity index (χ0v) is 15.6. The lowest BCUT2D eigenvalue weighted by Crippen LogP contribution is -2.54. The summed E-state index contributed by atoms with van der Waals surface area (Å²) in [5, 5.41) is 2.83. The molecule has 0 unspecified atom stereocenters. The second-order valence-electron chi connectivity index (χ2n) is 7.03. The Labute approximate surface area is 155 Å². The van der Waals surface area contributed by atoms with Gasteiger partial charge in [-0.3, -0.25) is 14.5 Å². The van der Waals surface area contributed by atoms with E-state index >= 15 is 0 Å². The van der Waals surface area contributed by atoms with Crippen LogP contribution in [0.15, 0.2) is 24.4 Å². The van der Waals surface area contributed by atoms with Gasteiger partial charge in [0, 0.05) is 52.0 Å². The number of hydrogen-bond acceptors (Lipinski definition) is 5. The first-order valence-electron chi connectivity index (χ1n) is 9.61. The molecule has 2 amide bonds. The third-order valence-corrected chi connectivity index (χ3v) is 5.17. The quantitative estimate of drug-likeness (QED) is 0.833. The molecule has 2 fully saturated rings. The lowest BCUT2D eigenvalue weighted by Gasteiger charge is -2.39. The normalized spacial score (nSPS) is 21.5. The van der Waals surface area contributed by atoms with E-state index in [1.54, 1.807) is 6.20 Å². The molecule has 0 spiro atoms. The minimum atomic E-state index is 0.0423. The predicted octanol–water partition coefficient (Wildman–Crippen LogP) is 0.578. The van der Waals surface area contributed by atoms with E-state index < -0.39 is 0 Å². The van der Waals surface area contributed by atoms with Crippen LogP contribution in [0, 0.1) is 5.92 Å². The van der Waals surface area contributed by atoms with Gasteiger partial charge >= 0.3 is 0 Å².